The van der Waals surface area contributed by atoms with E-state index in [0.29, 0.717) is 10.6 Å². The molecule has 17 heavy (non-hydrogen) atoms. The number of anilines is 2. The van der Waals surface area contributed by atoms with Crippen LogP contribution in [-0.4, -0.2) is 12.3 Å². The number of carbonyl (C=O) groups excluding carboxylic acids is 1. The van der Waals surface area contributed by atoms with Gasteiger partial charge in [-0.1, -0.05) is 6.07 Å². The lowest BCUT2D eigenvalue weighted by molar-refractivity contribution is 0.102. The molecule has 2 heterocycles. The van der Waals surface area contributed by atoms with E-state index in [4.69, 9.17) is 5.73 Å². The average Bonchev–Trinajstić information content (AvgIpc) is 2.88. The van der Waals surface area contributed by atoms with Gasteiger partial charge in [0.2, 0.25) is 0 Å². The van der Waals surface area contributed by atoms with Crippen LogP contribution < -0.4 is 11.1 Å². The monoisotopic (exact) mass is 266 g/mol. The summed E-state index contributed by atoms with van der Waals surface area (Å²) in [6.45, 7) is 2.40. The number of hydrogen-bond donors (Lipinski definition) is 2. The maximum atomic E-state index is 11.2. The number of nitrogens with one attached hydrogen (secondary N) is 1. The molecular weight excluding hydrogens is 252 g/mol. The first-order valence-corrected chi connectivity index (χ1v) is 7.03. The van der Waals surface area contributed by atoms with Gasteiger partial charge in [0.05, 0.1) is 15.6 Å². The summed E-state index contributed by atoms with van der Waals surface area (Å²) in [6.07, 6.45) is 0.991. The lowest BCUT2D eigenvalue weighted by Gasteiger charge is -2.00. The zero-order chi connectivity index (χ0) is 12.3. The first-order chi connectivity index (χ1) is 8.16. The summed E-state index contributed by atoms with van der Waals surface area (Å²) in [6, 6.07) is 6.00. The van der Waals surface area contributed by atoms with Gasteiger partial charge in [-0.3, -0.25) is 4.79 Å². The summed E-state index contributed by atoms with van der Waals surface area (Å²) in [7, 11) is 0. The number of thiophene rings is 2. The number of carbonyl (C=O) groups is 1. The summed E-state index contributed by atoms with van der Waals surface area (Å²) in [4.78, 5) is 13.2. The van der Waals surface area contributed by atoms with Gasteiger partial charge in [-0.05, 0) is 23.9 Å². The lowest BCUT2D eigenvalue weighted by Crippen LogP contribution is -2.02. The van der Waals surface area contributed by atoms with Gasteiger partial charge in [0.1, 0.15) is 0 Å². The molecule has 0 fully saturated rings. The second-order valence-corrected chi connectivity index (χ2v) is 5.79. The van der Waals surface area contributed by atoms with Crippen molar-refractivity contribution in [3.8, 4) is 0 Å². The predicted octanol–water partition coefficient (Wildman–Crippen LogP) is 3.25. The minimum Gasteiger partial charge on any atom is -0.397 e. The van der Waals surface area contributed by atoms with Crippen LogP contribution in [0.25, 0.3) is 0 Å². The van der Waals surface area contributed by atoms with E-state index < -0.39 is 0 Å². The van der Waals surface area contributed by atoms with E-state index in [1.54, 1.807) is 11.3 Å². The Morgan fingerprint density at radius 3 is 2.94 bits per heavy atom. The van der Waals surface area contributed by atoms with Gasteiger partial charge in [0.15, 0.2) is 5.78 Å². The van der Waals surface area contributed by atoms with E-state index in [9.17, 15) is 4.79 Å². The normalized spacial score (nSPS) is 10.4. The quantitative estimate of drug-likeness (QED) is 0.817. The van der Waals surface area contributed by atoms with Crippen molar-refractivity contribution in [2.75, 3.05) is 17.6 Å². The Morgan fingerprint density at radius 2 is 2.35 bits per heavy atom. The van der Waals surface area contributed by atoms with Crippen molar-refractivity contribution in [1.29, 1.82) is 0 Å². The number of ketones is 1. The average molecular weight is 266 g/mol. The minimum atomic E-state index is 0.0267. The number of rotatable bonds is 5. The van der Waals surface area contributed by atoms with Crippen LogP contribution in [0.4, 0.5) is 10.7 Å². The van der Waals surface area contributed by atoms with Crippen LogP contribution in [-0.2, 0) is 6.42 Å². The van der Waals surface area contributed by atoms with Crippen LogP contribution in [0, 0.1) is 0 Å². The van der Waals surface area contributed by atoms with Gasteiger partial charge < -0.3 is 11.1 Å². The molecule has 0 saturated carbocycles. The topological polar surface area (TPSA) is 55.1 Å². The van der Waals surface area contributed by atoms with Crippen molar-refractivity contribution in [2.24, 2.45) is 0 Å². The van der Waals surface area contributed by atoms with E-state index in [0.717, 1.165) is 18.0 Å². The van der Waals surface area contributed by atoms with Crippen molar-refractivity contribution in [1.82, 2.24) is 0 Å². The van der Waals surface area contributed by atoms with Crippen LogP contribution in [0.2, 0.25) is 0 Å². The molecular formula is C12H14N2OS2. The molecule has 5 heteroatoms. The van der Waals surface area contributed by atoms with Crippen LogP contribution in [0.15, 0.2) is 23.6 Å². The molecule has 2 rings (SSSR count). The van der Waals surface area contributed by atoms with Gasteiger partial charge in [0, 0.05) is 18.3 Å². The summed E-state index contributed by atoms with van der Waals surface area (Å²) >= 11 is 3.18. The fourth-order valence-corrected chi connectivity index (χ4v) is 3.14. The smallest absolute Gasteiger partial charge is 0.171 e. The summed E-state index contributed by atoms with van der Waals surface area (Å²) in [5, 5.41) is 6.33. The zero-order valence-corrected chi connectivity index (χ0v) is 11.2. The molecule has 3 N–H and O–H groups in total. The molecule has 2 aromatic heterocycles. The third-order valence-electron chi connectivity index (χ3n) is 2.33. The Labute approximate surface area is 108 Å². The fourth-order valence-electron chi connectivity index (χ4n) is 1.53. The van der Waals surface area contributed by atoms with Crippen molar-refractivity contribution in [2.45, 2.75) is 13.3 Å². The summed E-state index contributed by atoms with van der Waals surface area (Å²) in [5.74, 6) is 0.0267. The fraction of sp³-hybridized carbons (Fsp3) is 0.250. The molecule has 0 aliphatic carbocycles. The molecule has 0 radical (unpaired) electrons. The van der Waals surface area contributed by atoms with Crippen molar-refractivity contribution in [3.05, 3.63) is 33.3 Å². The SMILES string of the molecule is CC(=O)c1sc(NCCc2cccs2)cc1N. The van der Waals surface area contributed by atoms with Crippen molar-refractivity contribution in [3.63, 3.8) is 0 Å². The van der Waals surface area contributed by atoms with Gasteiger partial charge in [0.25, 0.3) is 0 Å². The molecule has 0 unspecified atom stereocenters. The van der Waals surface area contributed by atoms with E-state index in [-0.39, 0.29) is 5.78 Å². The standard InChI is InChI=1S/C12H14N2OS2/c1-8(15)12-10(13)7-11(17-12)14-5-4-9-3-2-6-16-9/h2-3,6-7,14H,4-5,13H2,1H3. The highest BCUT2D eigenvalue weighted by atomic mass is 32.1. The van der Waals surface area contributed by atoms with E-state index >= 15 is 0 Å². The molecule has 0 atom stereocenters. The van der Waals surface area contributed by atoms with Gasteiger partial charge in [-0.15, -0.1) is 22.7 Å². The third kappa shape index (κ3) is 3.08. The molecule has 2 aromatic rings. The number of nitrogens with two attached hydrogens (primary N) is 1. The maximum Gasteiger partial charge on any atom is 0.171 e. The van der Waals surface area contributed by atoms with E-state index in [1.807, 2.05) is 6.07 Å². The largest absolute Gasteiger partial charge is 0.397 e. The number of Topliss-reactive ketones (excluding diaryl/α,β-unsaturated/α-hetero) is 1. The highest BCUT2D eigenvalue weighted by molar-refractivity contribution is 7.18. The van der Waals surface area contributed by atoms with Crippen molar-refractivity contribution < 1.29 is 4.79 Å². The highest BCUT2D eigenvalue weighted by Crippen LogP contribution is 2.29. The molecule has 0 spiro atoms. The lowest BCUT2D eigenvalue weighted by atomic mass is 10.3. The first kappa shape index (κ1) is 12.1. The van der Waals surface area contributed by atoms with Crippen LogP contribution in [0.1, 0.15) is 21.5 Å². The van der Waals surface area contributed by atoms with Gasteiger partial charge in [-0.25, -0.2) is 0 Å². The maximum absolute atomic E-state index is 11.2. The molecule has 0 saturated heterocycles. The first-order valence-electron chi connectivity index (χ1n) is 5.33. The molecule has 0 aromatic carbocycles. The molecule has 0 aliphatic rings. The minimum absolute atomic E-state index is 0.0267. The Balaban J connectivity index is 1.91. The summed E-state index contributed by atoms with van der Waals surface area (Å²) < 4.78 is 0. The Bertz CT molecular complexity index is 503. The van der Waals surface area contributed by atoms with Crippen LogP contribution >= 0.6 is 22.7 Å². The Hall–Kier alpha value is -1.33. The number of nitrogen functional groups attached to an aromatic ring is 1. The second kappa shape index (κ2) is 5.33. The molecule has 0 bridgehead atoms. The molecule has 0 aliphatic heterocycles. The van der Waals surface area contributed by atoms with Gasteiger partial charge in [-0.2, -0.15) is 0 Å². The number of hydrogen-bond acceptors (Lipinski definition) is 5. The Kier molecular flexibility index (Phi) is 3.81. The van der Waals surface area contributed by atoms with Gasteiger partial charge >= 0.3 is 0 Å². The van der Waals surface area contributed by atoms with Crippen LogP contribution in [0.3, 0.4) is 0 Å². The zero-order valence-electron chi connectivity index (χ0n) is 9.53. The molecule has 90 valence electrons. The molecule has 0 amide bonds. The van der Waals surface area contributed by atoms with E-state index in [2.05, 4.69) is 22.8 Å². The summed E-state index contributed by atoms with van der Waals surface area (Å²) in [5.41, 5.74) is 6.33. The third-order valence-corrected chi connectivity index (χ3v) is 4.48. The Morgan fingerprint density at radius 1 is 1.53 bits per heavy atom. The van der Waals surface area contributed by atoms with E-state index in [1.165, 1.54) is 23.1 Å². The van der Waals surface area contributed by atoms with Crippen LogP contribution in [0.5, 0.6) is 0 Å². The second-order valence-electron chi connectivity index (χ2n) is 3.71. The highest BCUT2D eigenvalue weighted by Gasteiger charge is 2.09. The van der Waals surface area contributed by atoms with Crippen molar-refractivity contribution >= 4 is 39.1 Å². The molecule has 3 nitrogen and oxygen atoms in total. The predicted molar refractivity (Wildman–Crippen MR) is 75.2 cm³/mol.